The fourth-order valence-corrected chi connectivity index (χ4v) is 3.05. The molecule has 0 radical (unpaired) electrons. The summed E-state index contributed by atoms with van der Waals surface area (Å²) in [5.41, 5.74) is 2.56. The van der Waals surface area contributed by atoms with Gasteiger partial charge in [0.25, 0.3) is 0 Å². The highest BCUT2D eigenvalue weighted by molar-refractivity contribution is 7.07. The highest BCUT2D eigenvalue weighted by Crippen LogP contribution is 2.20. The third-order valence-corrected chi connectivity index (χ3v) is 4.06. The molecule has 2 heterocycles. The lowest BCUT2D eigenvalue weighted by Gasteiger charge is -2.28. The zero-order valence-electron chi connectivity index (χ0n) is 13.1. The Hall–Kier alpha value is -1.14. The molecule has 0 saturated carbocycles. The molecule has 1 aromatic heterocycles. The van der Waals surface area contributed by atoms with Gasteiger partial charge in [-0.05, 0) is 33.6 Å². The molecule has 0 spiro atoms. The number of rotatable bonds is 5. The lowest BCUT2D eigenvalue weighted by molar-refractivity contribution is 0.0227. The zero-order valence-corrected chi connectivity index (χ0v) is 13.9. The van der Waals surface area contributed by atoms with Gasteiger partial charge in [-0.3, -0.25) is 0 Å². The molecule has 1 amide bonds. The second-order valence-corrected chi connectivity index (χ2v) is 7.12. The summed E-state index contributed by atoms with van der Waals surface area (Å²) in [6.07, 6.45) is 2.84. The van der Waals surface area contributed by atoms with Crippen molar-refractivity contribution >= 4 is 17.4 Å². The maximum absolute atomic E-state index is 12.2. The van der Waals surface area contributed by atoms with Gasteiger partial charge in [0.05, 0.1) is 11.2 Å². The summed E-state index contributed by atoms with van der Waals surface area (Å²) in [5, 5.41) is 5.50. The second-order valence-electron chi connectivity index (χ2n) is 6.40. The van der Waals surface area contributed by atoms with Crippen LogP contribution in [0.3, 0.4) is 0 Å². The first kappa shape index (κ1) is 16.2. The first-order valence-electron chi connectivity index (χ1n) is 7.53. The lowest BCUT2D eigenvalue weighted by atomic mass is 10.2. The van der Waals surface area contributed by atoms with Crippen LogP contribution in [0.1, 0.15) is 39.3 Å². The van der Waals surface area contributed by atoms with E-state index in [2.05, 4.69) is 15.7 Å². The van der Waals surface area contributed by atoms with Gasteiger partial charge in [-0.15, -0.1) is 11.3 Å². The predicted molar refractivity (Wildman–Crippen MR) is 84.6 cm³/mol. The minimum Gasteiger partial charge on any atom is -0.444 e. The van der Waals surface area contributed by atoms with Crippen molar-refractivity contribution in [1.29, 1.82) is 0 Å². The van der Waals surface area contributed by atoms with Crippen molar-refractivity contribution in [3.8, 4) is 0 Å². The van der Waals surface area contributed by atoms with E-state index in [0.29, 0.717) is 0 Å². The van der Waals surface area contributed by atoms with Gasteiger partial charge in [-0.25, -0.2) is 9.78 Å². The molecule has 1 aliphatic rings. The summed E-state index contributed by atoms with van der Waals surface area (Å²) >= 11 is 1.62. The number of likely N-dealkylation sites (tertiary alicyclic amines) is 1. The number of aromatic nitrogens is 1. The van der Waals surface area contributed by atoms with Gasteiger partial charge in [0, 0.05) is 37.5 Å². The highest BCUT2D eigenvalue weighted by Gasteiger charge is 2.31. The molecule has 6 heteroatoms. The summed E-state index contributed by atoms with van der Waals surface area (Å²) in [6.45, 7) is 8.23. The van der Waals surface area contributed by atoms with Crippen LogP contribution in [0.25, 0.3) is 0 Å². The van der Waals surface area contributed by atoms with E-state index in [-0.39, 0.29) is 12.1 Å². The Balaban J connectivity index is 1.72. The number of carbonyl (C=O) groups excluding carboxylic acids is 1. The predicted octanol–water partition coefficient (Wildman–Crippen LogP) is 2.67. The molecule has 0 aromatic carbocycles. The quantitative estimate of drug-likeness (QED) is 0.850. The number of ether oxygens (including phenoxy) is 1. The van der Waals surface area contributed by atoms with E-state index in [4.69, 9.17) is 4.74 Å². The van der Waals surface area contributed by atoms with Crippen LogP contribution in [-0.2, 0) is 11.2 Å². The molecular formula is C15H25N3O2S. The van der Waals surface area contributed by atoms with Crippen molar-refractivity contribution < 1.29 is 9.53 Å². The molecular weight excluding hydrogens is 286 g/mol. The van der Waals surface area contributed by atoms with Crippen LogP contribution in [0, 0.1) is 0 Å². The summed E-state index contributed by atoms with van der Waals surface area (Å²) in [6, 6.07) is 0.246. The van der Waals surface area contributed by atoms with E-state index < -0.39 is 5.60 Å². The molecule has 118 valence electrons. The van der Waals surface area contributed by atoms with Crippen LogP contribution in [0.5, 0.6) is 0 Å². The molecule has 2 rings (SSSR count). The Morgan fingerprint density at radius 1 is 1.57 bits per heavy atom. The maximum atomic E-state index is 12.2. The number of hydrogen-bond donors (Lipinski definition) is 1. The van der Waals surface area contributed by atoms with Crippen molar-refractivity contribution in [2.24, 2.45) is 0 Å². The normalized spacial score (nSPS) is 19.0. The molecule has 21 heavy (non-hydrogen) atoms. The molecule has 0 aliphatic carbocycles. The van der Waals surface area contributed by atoms with E-state index >= 15 is 0 Å². The minimum atomic E-state index is -0.428. The Kier molecular flexibility index (Phi) is 5.58. The fraction of sp³-hybridized carbons (Fsp3) is 0.733. The van der Waals surface area contributed by atoms with Gasteiger partial charge in [0.2, 0.25) is 0 Å². The monoisotopic (exact) mass is 311 g/mol. The first-order chi connectivity index (χ1) is 9.96. The van der Waals surface area contributed by atoms with Crippen molar-refractivity contribution in [3.63, 3.8) is 0 Å². The third-order valence-electron chi connectivity index (χ3n) is 3.43. The SMILES string of the molecule is CC(C)(C)OC(=O)N1CCCC1CNCCc1cscn1. The number of amides is 1. The first-order valence-corrected chi connectivity index (χ1v) is 8.47. The fourth-order valence-electron chi connectivity index (χ4n) is 2.45. The van der Waals surface area contributed by atoms with Crippen LogP contribution in [0.4, 0.5) is 4.79 Å². The van der Waals surface area contributed by atoms with Crippen molar-refractivity contribution in [3.05, 3.63) is 16.6 Å². The number of nitrogens with zero attached hydrogens (tertiary/aromatic N) is 2. The molecule has 1 aliphatic heterocycles. The molecule has 1 N–H and O–H groups in total. The van der Waals surface area contributed by atoms with E-state index in [1.807, 2.05) is 31.2 Å². The number of nitrogens with one attached hydrogen (secondary N) is 1. The summed E-state index contributed by atoms with van der Waals surface area (Å²) in [7, 11) is 0. The molecule has 5 nitrogen and oxygen atoms in total. The molecule has 1 atom stereocenters. The second kappa shape index (κ2) is 7.22. The van der Waals surface area contributed by atoms with Gasteiger partial charge < -0.3 is 15.0 Å². The Labute approximate surface area is 130 Å². The maximum Gasteiger partial charge on any atom is 0.410 e. The Morgan fingerprint density at radius 2 is 2.38 bits per heavy atom. The summed E-state index contributed by atoms with van der Waals surface area (Å²) in [5.74, 6) is 0. The smallest absolute Gasteiger partial charge is 0.410 e. The van der Waals surface area contributed by atoms with Crippen molar-refractivity contribution in [2.45, 2.75) is 51.7 Å². The van der Waals surface area contributed by atoms with Crippen molar-refractivity contribution in [2.75, 3.05) is 19.6 Å². The summed E-state index contributed by atoms with van der Waals surface area (Å²) in [4.78, 5) is 18.3. The van der Waals surface area contributed by atoms with E-state index in [1.54, 1.807) is 11.3 Å². The Bertz CT molecular complexity index is 442. The topological polar surface area (TPSA) is 54.5 Å². The molecule has 1 aromatic rings. The lowest BCUT2D eigenvalue weighted by Crippen LogP contribution is -2.44. The van der Waals surface area contributed by atoms with Crippen molar-refractivity contribution in [1.82, 2.24) is 15.2 Å². The standard InChI is InChI=1S/C15H25N3O2S/c1-15(2,3)20-14(19)18-8-4-5-13(18)9-16-7-6-12-10-21-11-17-12/h10-11,13,16H,4-9H2,1-3H3. The molecule has 1 fully saturated rings. The average molecular weight is 311 g/mol. The largest absolute Gasteiger partial charge is 0.444 e. The van der Waals surface area contributed by atoms with E-state index in [9.17, 15) is 4.79 Å². The number of hydrogen-bond acceptors (Lipinski definition) is 5. The van der Waals surface area contributed by atoms with Crippen LogP contribution in [-0.4, -0.2) is 47.3 Å². The van der Waals surface area contributed by atoms with Crippen LogP contribution in [0.2, 0.25) is 0 Å². The zero-order chi connectivity index (χ0) is 15.3. The molecule has 1 unspecified atom stereocenters. The summed E-state index contributed by atoms with van der Waals surface area (Å²) < 4.78 is 5.47. The number of carbonyl (C=O) groups is 1. The minimum absolute atomic E-state index is 0.189. The van der Waals surface area contributed by atoms with E-state index in [1.165, 1.54) is 0 Å². The molecule has 1 saturated heterocycles. The van der Waals surface area contributed by atoms with Gasteiger partial charge in [0.15, 0.2) is 0 Å². The van der Waals surface area contributed by atoms with Crippen LogP contribution >= 0.6 is 11.3 Å². The van der Waals surface area contributed by atoms with Gasteiger partial charge >= 0.3 is 6.09 Å². The van der Waals surface area contributed by atoms with Crippen LogP contribution < -0.4 is 5.32 Å². The number of thiazole rings is 1. The average Bonchev–Trinajstić information content (AvgIpc) is 3.04. The van der Waals surface area contributed by atoms with Crippen LogP contribution in [0.15, 0.2) is 10.9 Å². The van der Waals surface area contributed by atoms with E-state index in [0.717, 1.165) is 44.6 Å². The molecule has 0 bridgehead atoms. The van der Waals surface area contributed by atoms with Gasteiger partial charge in [-0.2, -0.15) is 0 Å². The van der Waals surface area contributed by atoms with Gasteiger partial charge in [-0.1, -0.05) is 0 Å². The third kappa shape index (κ3) is 5.28. The van der Waals surface area contributed by atoms with Gasteiger partial charge in [0.1, 0.15) is 5.60 Å². The highest BCUT2D eigenvalue weighted by atomic mass is 32.1. The Morgan fingerprint density at radius 3 is 3.05 bits per heavy atom.